The van der Waals surface area contributed by atoms with Crippen LogP contribution >= 0.6 is 0 Å². The first kappa shape index (κ1) is 13.9. The highest BCUT2D eigenvalue weighted by molar-refractivity contribution is 5.87. The number of rotatable bonds is 2. The molecule has 0 aliphatic rings. The first-order chi connectivity index (χ1) is 9.40. The summed E-state index contributed by atoms with van der Waals surface area (Å²) in [6.45, 7) is 0. The maximum absolute atomic E-state index is 12.6. The third-order valence-electron chi connectivity index (χ3n) is 2.50. The first-order valence-corrected chi connectivity index (χ1v) is 5.62. The highest BCUT2D eigenvalue weighted by Gasteiger charge is 2.30. The van der Waals surface area contributed by atoms with Gasteiger partial charge in [-0.2, -0.15) is 13.2 Å². The number of urea groups is 1. The van der Waals surface area contributed by atoms with E-state index in [4.69, 9.17) is 0 Å². The van der Waals surface area contributed by atoms with Gasteiger partial charge in [-0.05, 0) is 18.2 Å². The largest absolute Gasteiger partial charge is 0.416 e. The third-order valence-corrected chi connectivity index (χ3v) is 2.50. The number of alkyl halides is 3. The van der Waals surface area contributed by atoms with Crippen LogP contribution < -0.4 is 10.6 Å². The van der Waals surface area contributed by atoms with Crippen molar-refractivity contribution in [3.8, 4) is 5.69 Å². The minimum absolute atomic E-state index is 0.238. The van der Waals surface area contributed by atoms with Crippen molar-refractivity contribution in [3.05, 3.63) is 42.1 Å². The van der Waals surface area contributed by atoms with Crippen LogP contribution in [0, 0.1) is 0 Å². The molecule has 1 heterocycles. The molecule has 1 aromatic heterocycles. The first-order valence-electron chi connectivity index (χ1n) is 5.62. The molecule has 0 bridgehead atoms. The van der Waals surface area contributed by atoms with Crippen LogP contribution in [0.3, 0.4) is 0 Å². The minimum Gasteiger partial charge on any atom is -0.341 e. The van der Waals surface area contributed by atoms with E-state index in [0.717, 1.165) is 12.1 Å². The third kappa shape index (κ3) is 3.08. The quantitative estimate of drug-likeness (QED) is 0.890. The van der Waals surface area contributed by atoms with Gasteiger partial charge >= 0.3 is 12.2 Å². The zero-order valence-corrected chi connectivity index (χ0v) is 10.4. The van der Waals surface area contributed by atoms with Gasteiger partial charge in [-0.15, -0.1) is 5.10 Å². The highest BCUT2D eigenvalue weighted by Crippen LogP contribution is 2.30. The van der Waals surface area contributed by atoms with Crippen molar-refractivity contribution in [3.63, 3.8) is 0 Å². The van der Waals surface area contributed by atoms with E-state index in [2.05, 4.69) is 15.7 Å². The van der Waals surface area contributed by atoms with Gasteiger partial charge < -0.3 is 5.32 Å². The molecule has 8 heteroatoms. The molecule has 0 spiro atoms. The van der Waals surface area contributed by atoms with Crippen molar-refractivity contribution in [1.29, 1.82) is 0 Å². The molecule has 20 heavy (non-hydrogen) atoms. The smallest absolute Gasteiger partial charge is 0.341 e. The van der Waals surface area contributed by atoms with E-state index in [1.54, 1.807) is 0 Å². The Labute approximate surface area is 112 Å². The number of amides is 2. The number of carbonyl (C=O) groups is 1. The molecule has 0 saturated heterocycles. The molecule has 2 aromatic rings. The molecule has 0 aliphatic heterocycles. The Bertz CT molecular complexity index is 621. The van der Waals surface area contributed by atoms with Crippen LogP contribution in [0.1, 0.15) is 5.56 Å². The summed E-state index contributed by atoms with van der Waals surface area (Å²) in [6.07, 6.45) is -2.95. The molecule has 0 aliphatic carbocycles. The molecule has 2 amide bonds. The predicted molar refractivity (Wildman–Crippen MR) is 66.6 cm³/mol. The van der Waals surface area contributed by atoms with Crippen molar-refractivity contribution in [2.75, 3.05) is 12.4 Å². The van der Waals surface area contributed by atoms with Gasteiger partial charge in [-0.1, -0.05) is 6.07 Å². The van der Waals surface area contributed by atoms with Gasteiger partial charge in [0.2, 0.25) is 0 Å². The maximum atomic E-state index is 12.6. The number of benzene rings is 1. The number of aromatic nitrogens is 2. The van der Waals surface area contributed by atoms with Gasteiger partial charge in [-0.25, -0.2) is 9.48 Å². The van der Waals surface area contributed by atoms with Crippen LogP contribution in [-0.4, -0.2) is 22.9 Å². The van der Waals surface area contributed by atoms with E-state index in [9.17, 15) is 18.0 Å². The lowest BCUT2D eigenvalue weighted by Gasteiger charge is -2.08. The number of nitrogens with one attached hydrogen (secondary N) is 2. The van der Waals surface area contributed by atoms with Gasteiger partial charge in [0.05, 0.1) is 11.3 Å². The molecule has 2 N–H and O–H groups in total. The van der Waals surface area contributed by atoms with Crippen LogP contribution in [0.25, 0.3) is 5.69 Å². The topological polar surface area (TPSA) is 59.0 Å². The van der Waals surface area contributed by atoms with Gasteiger partial charge in [0, 0.05) is 19.3 Å². The van der Waals surface area contributed by atoms with Crippen molar-refractivity contribution < 1.29 is 18.0 Å². The van der Waals surface area contributed by atoms with Crippen LogP contribution in [0.2, 0.25) is 0 Å². The van der Waals surface area contributed by atoms with E-state index in [1.165, 1.54) is 36.1 Å². The second-order valence-electron chi connectivity index (χ2n) is 3.90. The Kier molecular flexibility index (Phi) is 3.64. The maximum Gasteiger partial charge on any atom is 0.416 e. The second kappa shape index (κ2) is 5.24. The van der Waals surface area contributed by atoms with Crippen molar-refractivity contribution in [2.24, 2.45) is 0 Å². The predicted octanol–water partition coefficient (Wildman–Crippen LogP) is 2.64. The summed E-state index contributed by atoms with van der Waals surface area (Å²) in [7, 11) is 1.44. The van der Waals surface area contributed by atoms with Gasteiger partial charge in [0.15, 0.2) is 5.82 Å². The Morgan fingerprint density at radius 1 is 1.30 bits per heavy atom. The lowest BCUT2D eigenvalue weighted by atomic mass is 10.2. The zero-order chi connectivity index (χ0) is 14.8. The molecule has 1 aromatic carbocycles. The average molecular weight is 284 g/mol. The van der Waals surface area contributed by atoms with Crippen molar-refractivity contribution in [2.45, 2.75) is 6.18 Å². The van der Waals surface area contributed by atoms with Crippen LogP contribution in [0.4, 0.5) is 23.8 Å². The standard InChI is InChI=1S/C12H11F3N4O/c1-16-11(20)17-10-5-6-19(18-10)9-4-2-3-8(7-9)12(13,14)15/h2-7H,1H3,(H2,16,17,18,20). The SMILES string of the molecule is CNC(=O)Nc1ccn(-c2cccc(C(F)(F)F)c2)n1. The monoisotopic (exact) mass is 284 g/mol. The van der Waals surface area contributed by atoms with E-state index < -0.39 is 17.8 Å². The summed E-state index contributed by atoms with van der Waals surface area (Å²) in [6, 6.07) is 5.78. The summed E-state index contributed by atoms with van der Waals surface area (Å²) >= 11 is 0. The molecule has 0 fully saturated rings. The van der Waals surface area contributed by atoms with Crippen molar-refractivity contribution in [1.82, 2.24) is 15.1 Å². The second-order valence-corrected chi connectivity index (χ2v) is 3.90. The molecule has 0 radical (unpaired) electrons. The average Bonchev–Trinajstić information content (AvgIpc) is 2.86. The zero-order valence-electron chi connectivity index (χ0n) is 10.4. The number of halogens is 3. The molecular formula is C12H11F3N4O. The summed E-state index contributed by atoms with van der Waals surface area (Å²) in [5.41, 5.74) is -0.504. The lowest BCUT2D eigenvalue weighted by molar-refractivity contribution is -0.137. The molecule has 2 rings (SSSR count). The number of carbonyl (C=O) groups excluding carboxylic acids is 1. The van der Waals surface area contributed by atoms with Crippen LogP contribution in [0.15, 0.2) is 36.5 Å². The lowest BCUT2D eigenvalue weighted by Crippen LogP contribution is -2.24. The van der Waals surface area contributed by atoms with Crippen LogP contribution in [-0.2, 0) is 6.18 Å². The summed E-state index contributed by atoms with van der Waals surface area (Å²) in [4.78, 5) is 11.1. The van der Waals surface area contributed by atoms with Gasteiger partial charge in [-0.3, -0.25) is 5.32 Å². The number of hydrogen-bond donors (Lipinski definition) is 2. The Morgan fingerprint density at radius 3 is 2.70 bits per heavy atom. The number of anilines is 1. The van der Waals surface area contributed by atoms with E-state index in [0.29, 0.717) is 0 Å². The summed E-state index contributed by atoms with van der Waals surface area (Å²) < 4.78 is 39.1. The van der Waals surface area contributed by atoms with E-state index >= 15 is 0 Å². The fourth-order valence-electron chi connectivity index (χ4n) is 1.54. The molecule has 0 atom stereocenters. The van der Waals surface area contributed by atoms with Gasteiger partial charge in [0.1, 0.15) is 0 Å². The molecule has 5 nitrogen and oxygen atoms in total. The Balaban J connectivity index is 2.26. The summed E-state index contributed by atoms with van der Waals surface area (Å²) in [5.74, 6) is 0.238. The normalized spacial score (nSPS) is 11.2. The molecular weight excluding hydrogens is 273 g/mol. The van der Waals surface area contributed by atoms with E-state index in [-0.39, 0.29) is 11.5 Å². The molecule has 106 valence electrons. The highest BCUT2D eigenvalue weighted by atomic mass is 19.4. The number of hydrogen-bond acceptors (Lipinski definition) is 2. The fourth-order valence-corrected chi connectivity index (χ4v) is 1.54. The number of nitrogens with zero attached hydrogens (tertiary/aromatic N) is 2. The van der Waals surface area contributed by atoms with Crippen LogP contribution in [0.5, 0.6) is 0 Å². The minimum atomic E-state index is -4.41. The van der Waals surface area contributed by atoms with E-state index in [1.807, 2.05) is 0 Å². The Morgan fingerprint density at radius 2 is 2.05 bits per heavy atom. The Hall–Kier alpha value is -2.51. The van der Waals surface area contributed by atoms with Crippen molar-refractivity contribution >= 4 is 11.8 Å². The fraction of sp³-hybridized carbons (Fsp3) is 0.167. The molecule has 0 saturated carbocycles. The molecule has 0 unspecified atom stereocenters. The summed E-state index contributed by atoms with van der Waals surface area (Å²) in [5, 5.41) is 8.73. The van der Waals surface area contributed by atoms with Gasteiger partial charge in [0.25, 0.3) is 0 Å².